The summed E-state index contributed by atoms with van der Waals surface area (Å²) in [5.41, 5.74) is 3.12. The molecule has 3 N–H and O–H groups in total. The number of carbonyl (C=O) groups is 2. The number of hydrogen-bond acceptors (Lipinski definition) is 7. The Morgan fingerprint density at radius 2 is 1.81 bits per heavy atom. The second kappa shape index (κ2) is 11.1. The maximum Gasteiger partial charge on any atom is 0.407 e. The van der Waals surface area contributed by atoms with Crippen LogP contribution >= 0.6 is 0 Å². The highest BCUT2D eigenvalue weighted by molar-refractivity contribution is 6.08. The van der Waals surface area contributed by atoms with Crippen molar-refractivity contribution in [2.75, 3.05) is 20.3 Å². The summed E-state index contributed by atoms with van der Waals surface area (Å²) in [5.74, 6) is 1.84. The normalized spacial score (nSPS) is 19.3. The van der Waals surface area contributed by atoms with Crippen molar-refractivity contribution in [3.8, 4) is 22.8 Å². The number of fused-ring (bicyclic) bond motifs is 1. The third-order valence-corrected chi connectivity index (χ3v) is 6.98. The Hall–Kier alpha value is -3.82. The number of carbonyl (C=O) groups excluding carboxylic acids is 2. The Morgan fingerprint density at radius 1 is 1.05 bits per heavy atom. The first-order valence-electron chi connectivity index (χ1n) is 12.9. The molecule has 3 aromatic rings. The number of nitrogens with zero attached hydrogens (tertiary/aromatic N) is 2. The highest BCUT2D eigenvalue weighted by atomic mass is 16.5. The van der Waals surface area contributed by atoms with Crippen molar-refractivity contribution in [1.29, 1.82) is 0 Å². The van der Waals surface area contributed by atoms with Crippen molar-refractivity contribution >= 4 is 23.0 Å². The highest BCUT2D eigenvalue weighted by Gasteiger charge is 2.27. The van der Waals surface area contributed by atoms with E-state index >= 15 is 0 Å². The second-order valence-electron chi connectivity index (χ2n) is 9.65. The van der Waals surface area contributed by atoms with Crippen LogP contribution in [0.15, 0.2) is 30.7 Å². The molecule has 196 valence electrons. The van der Waals surface area contributed by atoms with Crippen molar-refractivity contribution in [3.05, 3.63) is 36.3 Å². The van der Waals surface area contributed by atoms with Crippen molar-refractivity contribution in [1.82, 2.24) is 25.6 Å². The molecule has 0 radical (unpaired) electrons. The van der Waals surface area contributed by atoms with Crippen molar-refractivity contribution in [2.24, 2.45) is 5.92 Å². The molecule has 0 saturated heterocycles. The van der Waals surface area contributed by atoms with Crippen molar-refractivity contribution in [2.45, 2.75) is 57.5 Å². The fourth-order valence-corrected chi connectivity index (χ4v) is 4.74. The third kappa shape index (κ3) is 5.79. The number of aromatic amines is 1. The quantitative estimate of drug-likeness (QED) is 0.396. The molecule has 2 saturated carbocycles. The van der Waals surface area contributed by atoms with Crippen molar-refractivity contribution < 1.29 is 23.8 Å². The minimum Gasteiger partial charge on any atom is -0.497 e. The molecule has 2 aliphatic rings. The van der Waals surface area contributed by atoms with Crippen LogP contribution in [0.2, 0.25) is 0 Å². The Morgan fingerprint density at radius 3 is 2.51 bits per heavy atom. The SMILES string of the molecule is CCOC(=O)N[C@H]1CC[C@H](NC(=O)c2c[nH]c3c(-c4cc(OC)ccc4OCC4CC4)ncnc23)CC1. The van der Waals surface area contributed by atoms with Crippen molar-refractivity contribution in [3.63, 3.8) is 0 Å². The molecule has 2 aliphatic carbocycles. The molecule has 0 aliphatic heterocycles. The van der Waals surface area contributed by atoms with Crippen LogP contribution in [0.25, 0.3) is 22.3 Å². The van der Waals surface area contributed by atoms with Crippen LogP contribution in [0.1, 0.15) is 55.8 Å². The number of ether oxygens (including phenoxy) is 3. The van der Waals surface area contributed by atoms with Gasteiger partial charge in [0.25, 0.3) is 5.91 Å². The van der Waals surface area contributed by atoms with Crippen LogP contribution in [0.3, 0.4) is 0 Å². The molecule has 37 heavy (non-hydrogen) atoms. The summed E-state index contributed by atoms with van der Waals surface area (Å²) < 4.78 is 16.5. The Balaban J connectivity index is 1.31. The van der Waals surface area contributed by atoms with E-state index in [0.29, 0.717) is 47.2 Å². The van der Waals surface area contributed by atoms with Gasteiger partial charge in [-0.1, -0.05) is 0 Å². The van der Waals surface area contributed by atoms with Gasteiger partial charge in [-0.15, -0.1) is 0 Å². The standard InChI is InChI=1S/C27H33N5O5/c1-3-36-27(34)32-18-8-6-17(7-9-18)31-26(33)21-13-28-25-23(29-15-30-24(21)25)20-12-19(35-2)10-11-22(20)37-14-16-4-5-16/h10-13,15-18,28H,3-9,14H2,1-2H3,(H,31,33)(H,32,34)/t17-,18-. The van der Waals surface area contributed by atoms with Gasteiger partial charge in [0.15, 0.2) is 0 Å². The summed E-state index contributed by atoms with van der Waals surface area (Å²) in [7, 11) is 1.62. The first-order valence-corrected chi connectivity index (χ1v) is 12.9. The summed E-state index contributed by atoms with van der Waals surface area (Å²) >= 11 is 0. The van der Waals surface area contributed by atoms with Crippen LogP contribution in [0.4, 0.5) is 4.79 Å². The first-order chi connectivity index (χ1) is 18.1. The molecule has 10 nitrogen and oxygen atoms in total. The molecule has 0 bridgehead atoms. The van der Waals surface area contributed by atoms with Crippen LogP contribution in [-0.4, -0.2) is 59.4 Å². The molecule has 1 aromatic carbocycles. The summed E-state index contributed by atoms with van der Waals surface area (Å²) in [6.45, 7) is 2.80. The maximum atomic E-state index is 13.2. The zero-order valence-corrected chi connectivity index (χ0v) is 21.2. The van der Waals surface area contributed by atoms with Gasteiger partial charge < -0.3 is 29.8 Å². The number of benzene rings is 1. The highest BCUT2D eigenvalue weighted by Crippen LogP contribution is 2.37. The smallest absolute Gasteiger partial charge is 0.407 e. The number of hydrogen-bond donors (Lipinski definition) is 3. The molecular formula is C27H33N5O5. The van der Waals surface area contributed by atoms with E-state index < -0.39 is 0 Å². The molecule has 0 unspecified atom stereocenters. The average Bonchev–Trinajstić information content (AvgIpc) is 3.64. The number of aromatic nitrogens is 3. The van der Waals surface area contributed by atoms with Gasteiger partial charge in [-0.2, -0.15) is 0 Å². The van der Waals surface area contributed by atoms with E-state index in [4.69, 9.17) is 14.2 Å². The molecule has 2 fully saturated rings. The molecule has 0 spiro atoms. The van der Waals surface area contributed by atoms with E-state index in [0.717, 1.165) is 37.0 Å². The van der Waals surface area contributed by atoms with E-state index in [1.54, 1.807) is 20.2 Å². The summed E-state index contributed by atoms with van der Waals surface area (Å²) in [4.78, 5) is 37.0. The minimum atomic E-state index is -0.388. The number of rotatable bonds is 9. The van der Waals surface area contributed by atoms with Crippen LogP contribution < -0.4 is 20.1 Å². The van der Waals surface area contributed by atoms with Gasteiger partial charge in [0.1, 0.15) is 29.0 Å². The number of alkyl carbamates (subject to hydrolysis) is 1. The number of H-pyrrole nitrogens is 1. The van der Waals surface area contributed by atoms with Crippen LogP contribution in [-0.2, 0) is 4.74 Å². The lowest BCUT2D eigenvalue weighted by molar-refractivity contribution is 0.0923. The summed E-state index contributed by atoms with van der Waals surface area (Å²) in [6, 6.07) is 5.76. The largest absolute Gasteiger partial charge is 0.497 e. The van der Waals surface area contributed by atoms with Gasteiger partial charge >= 0.3 is 6.09 Å². The second-order valence-corrected chi connectivity index (χ2v) is 9.65. The van der Waals surface area contributed by atoms with Gasteiger partial charge in [-0.3, -0.25) is 4.79 Å². The van der Waals surface area contributed by atoms with Gasteiger partial charge in [0.2, 0.25) is 0 Å². The van der Waals surface area contributed by atoms with Crippen LogP contribution in [0.5, 0.6) is 11.5 Å². The molecule has 10 heteroatoms. The van der Waals surface area contributed by atoms with Gasteiger partial charge in [0, 0.05) is 23.8 Å². The van der Waals surface area contributed by atoms with Crippen LogP contribution in [0, 0.1) is 5.92 Å². The first kappa shape index (κ1) is 24.9. The Labute approximate surface area is 215 Å². The zero-order chi connectivity index (χ0) is 25.8. The summed E-state index contributed by atoms with van der Waals surface area (Å²) in [6.07, 6.45) is 8.27. The topological polar surface area (TPSA) is 127 Å². The van der Waals surface area contributed by atoms with Gasteiger partial charge in [0.05, 0.1) is 31.4 Å². The zero-order valence-electron chi connectivity index (χ0n) is 21.2. The lowest BCUT2D eigenvalue weighted by Crippen LogP contribution is -2.43. The van der Waals surface area contributed by atoms with E-state index in [9.17, 15) is 9.59 Å². The van der Waals surface area contributed by atoms with E-state index in [1.807, 2.05) is 18.2 Å². The number of methoxy groups -OCH3 is 1. The molecule has 2 aromatic heterocycles. The van der Waals surface area contributed by atoms with E-state index in [2.05, 4.69) is 25.6 Å². The maximum absolute atomic E-state index is 13.2. The summed E-state index contributed by atoms with van der Waals surface area (Å²) in [5, 5.41) is 6.02. The minimum absolute atomic E-state index is 0.0276. The molecule has 2 amide bonds. The predicted octanol–water partition coefficient (Wildman–Crippen LogP) is 4.21. The lowest BCUT2D eigenvalue weighted by atomic mass is 9.91. The predicted molar refractivity (Wildman–Crippen MR) is 138 cm³/mol. The molecular weight excluding hydrogens is 474 g/mol. The Kier molecular flexibility index (Phi) is 7.43. The van der Waals surface area contributed by atoms with E-state index in [-0.39, 0.29) is 24.1 Å². The molecule has 2 heterocycles. The Bertz CT molecular complexity index is 1260. The molecule has 0 atom stereocenters. The average molecular weight is 508 g/mol. The third-order valence-electron chi connectivity index (χ3n) is 6.98. The lowest BCUT2D eigenvalue weighted by Gasteiger charge is -2.29. The fourth-order valence-electron chi connectivity index (χ4n) is 4.74. The van der Waals surface area contributed by atoms with Gasteiger partial charge in [-0.05, 0) is 69.6 Å². The molecule has 5 rings (SSSR count). The number of amides is 2. The monoisotopic (exact) mass is 507 g/mol. The fraction of sp³-hybridized carbons (Fsp3) is 0.481. The van der Waals surface area contributed by atoms with Gasteiger partial charge in [-0.25, -0.2) is 14.8 Å². The van der Waals surface area contributed by atoms with E-state index in [1.165, 1.54) is 19.2 Å². The number of nitrogens with one attached hydrogen (secondary N) is 3.